The Morgan fingerprint density at radius 1 is 1.36 bits per heavy atom. The van der Waals surface area contributed by atoms with Crippen molar-refractivity contribution in [2.75, 3.05) is 26.7 Å². The Balaban J connectivity index is 0.00000242. The van der Waals surface area contributed by atoms with E-state index in [2.05, 4.69) is 5.32 Å². The van der Waals surface area contributed by atoms with Crippen molar-refractivity contribution in [1.82, 2.24) is 10.2 Å². The molecule has 1 aliphatic rings. The van der Waals surface area contributed by atoms with Crippen LogP contribution in [0.15, 0.2) is 24.3 Å². The molecule has 124 valence electrons. The third-order valence-corrected chi connectivity index (χ3v) is 4.65. The van der Waals surface area contributed by atoms with Gasteiger partial charge in [-0.3, -0.25) is 4.79 Å². The van der Waals surface area contributed by atoms with Crippen LogP contribution in [0.1, 0.15) is 32.3 Å². The molecule has 1 unspecified atom stereocenters. The number of rotatable bonds is 4. The summed E-state index contributed by atoms with van der Waals surface area (Å²) in [7, 11) is 1.97. The second-order valence-corrected chi connectivity index (χ2v) is 6.89. The van der Waals surface area contributed by atoms with E-state index < -0.39 is 5.41 Å². The van der Waals surface area contributed by atoms with Gasteiger partial charge in [-0.1, -0.05) is 23.7 Å². The molecule has 1 atom stereocenters. The first-order valence-electron chi connectivity index (χ1n) is 7.65. The van der Waals surface area contributed by atoms with E-state index in [-0.39, 0.29) is 18.3 Å². The lowest BCUT2D eigenvalue weighted by atomic mass is 9.82. The second-order valence-electron chi connectivity index (χ2n) is 6.45. The van der Waals surface area contributed by atoms with Gasteiger partial charge in [0.2, 0.25) is 5.91 Å². The highest BCUT2D eigenvalue weighted by atomic mass is 35.5. The molecule has 2 rings (SSSR count). The fourth-order valence-corrected chi connectivity index (χ4v) is 3.22. The fourth-order valence-electron chi connectivity index (χ4n) is 3.09. The Kier molecular flexibility index (Phi) is 7.17. The minimum absolute atomic E-state index is 0. The molecule has 1 aromatic carbocycles. The predicted octanol–water partition coefficient (Wildman–Crippen LogP) is 3.50. The molecule has 1 amide bonds. The van der Waals surface area contributed by atoms with Gasteiger partial charge in [-0.15, -0.1) is 12.4 Å². The van der Waals surface area contributed by atoms with Crippen molar-refractivity contribution in [3.8, 4) is 0 Å². The molecule has 0 saturated carbocycles. The normalized spacial score (nSPS) is 18.7. The predicted molar refractivity (Wildman–Crippen MR) is 95.0 cm³/mol. The van der Waals surface area contributed by atoms with Crippen LogP contribution in [-0.4, -0.2) is 37.5 Å². The van der Waals surface area contributed by atoms with Crippen LogP contribution in [0.4, 0.5) is 0 Å². The maximum atomic E-state index is 12.9. The number of carbonyl (C=O) groups excluding carboxylic acids is 1. The lowest BCUT2D eigenvalue weighted by Gasteiger charge is -2.38. The molecule has 1 fully saturated rings. The van der Waals surface area contributed by atoms with Crippen LogP contribution in [0.25, 0.3) is 0 Å². The second kappa shape index (κ2) is 8.19. The lowest BCUT2D eigenvalue weighted by Crippen LogP contribution is -2.49. The standard InChI is InChI=1S/C17H25ClN2O.ClH/c1-17(2,14-6-8-15(18)9-7-14)16(21)20-10-4-5-13(12-20)11-19-3;/h6-9,13,19H,4-5,10-12H2,1-3H3;1H. The maximum absolute atomic E-state index is 12.9. The molecule has 0 aliphatic carbocycles. The minimum Gasteiger partial charge on any atom is -0.342 e. The van der Waals surface area contributed by atoms with E-state index in [1.165, 1.54) is 6.42 Å². The Bertz CT molecular complexity index is 486. The fraction of sp³-hybridized carbons (Fsp3) is 0.588. The summed E-state index contributed by atoms with van der Waals surface area (Å²) in [5, 5.41) is 3.92. The zero-order valence-corrected chi connectivity index (χ0v) is 15.1. The summed E-state index contributed by atoms with van der Waals surface area (Å²) in [6.45, 7) is 6.71. The van der Waals surface area contributed by atoms with Gasteiger partial charge in [0, 0.05) is 18.1 Å². The Morgan fingerprint density at radius 3 is 2.59 bits per heavy atom. The molecule has 1 saturated heterocycles. The SMILES string of the molecule is CNCC1CCCN(C(=O)C(C)(C)c2ccc(Cl)cc2)C1.Cl. The lowest BCUT2D eigenvalue weighted by molar-refractivity contribution is -0.138. The van der Waals surface area contributed by atoms with Crippen molar-refractivity contribution in [1.29, 1.82) is 0 Å². The highest BCUT2D eigenvalue weighted by Gasteiger charge is 2.35. The van der Waals surface area contributed by atoms with Crippen molar-refractivity contribution in [3.63, 3.8) is 0 Å². The number of benzene rings is 1. The zero-order chi connectivity index (χ0) is 15.5. The number of halogens is 2. The molecule has 1 N–H and O–H groups in total. The van der Waals surface area contributed by atoms with Gasteiger partial charge in [-0.2, -0.15) is 0 Å². The van der Waals surface area contributed by atoms with Crippen LogP contribution < -0.4 is 5.32 Å². The first kappa shape index (κ1) is 19.3. The Morgan fingerprint density at radius 2 is 2.00 bits per heavy atom. The molecule has 0 spiro atoms. The van der Waals surface area contributed by atoms with Crippen LogP contribution in [0.2, 0.25) is 5.02 Å². The van der Waals surface area contributed by atoms with Crippen LogP contribution in [0.3, 0.4) is 0 Å². The van der Waals surface area contributed by atoms with E-state index >= 15 is 0 Å². The number of hydrogen-bond acceptors (Lipinski definition) is 2. The number of carbonyl (C=O) groups is 1. The van der Waals surface area contributed by atoms with Crippen molar-refractivity contribution in [2.24, 2.45) is 5.92 Å². The van der Waals surface area contributed by atoms with Gasteiger partial charge in [-0.05, 0) is 63.9 Å². The molecule has 1 aliphatic heterocycles. The van der Waals surface area contributed by atoms with Gasteiger partial charge in [0.1, 0.15) is 0 Å². The number of amides is 1. The van der Waals surface area contributed by atoms with Crippen LogP contribution in [0.5, 0.6) is 0 Å². The van der Waals surface area contributed by atoms with E-state index in [0.717, 1.165) is 31.6 Å². The third kappa shape index (κ3) is 4.37. The van der Waals surface area contributed by atoms with E-state index in [1.54, 1.807) is 0 Å². The summed E-state index contributed by atoms with van der Waals surface area (Å²) in [5.74, 6) is 0.777. The molecule has 0 bridgehead atoms. The third-order valence-electron chi connectivity index (χ3n) is 4.40. The molecule has 0 aromatic heterocycles. The van der Waals surface area contributed by atoms with E-state index in [4.69, 9.17) is 11.6 Å². The summed E-state index contributed by atoms with van der Waals surface area (Å²) in [6, 6.07) is 7.61. The molecule has 1 aromatic rings. The first-order valence-corrected chi connectivity index (χ1v) is 8.03. The Hall–Kier alpha value is -0.770. The number of piperidine rings is 1. The summed E-state index contributed by atoms with van der Waals surface area (Å²) in [5.41, 5.74) is 0.513. The molecule has 22 heavy (non-hydrogen) atoms. The van der Waals surface area contributed by atoms with Crippen LogP contribution in [-0.2, 0) is 10.2 Å². The first-order chi connectivity index (χ1) is 9.95. The van der Waals surface area contributed by atoms with Gasteiger partial charge < -0.3 is 10.2 Å². The number of nitrogens with one attached hydrogen (secondary N) is 1. The Labute approximate surface area is 144 Å². The molecular weight excluding hydrogens is 319 g/mol. The van der Waals surface area contributed by atoms with Gasteiger partial charge in [0.15, 0.2) is 0 Å². The maximum Gasteiger partial charge on any atom is 0.232 e. The van der Waals surface area contributed by atoms with E-state index in [1.807, 2.05) is 50.1 Å². The largest absolute Gasteiger partial charge is 0.342 e. The van der Waals surface area contributed by atoms with Gasteiger partial charge in [-0.25, -0.2) is 0 Å². The molecule has 5 heteroatoms. The van der Waals surface area contributed by atoms with Crippen molar-refractivity contribution < 1.29 is 4.79 Å². The monoisotopic (exact) mass is 344 g/mol. The van der Waals surface area contributed by atoms with Crippen molar-refractivity contribution in [3.05, 3.63) is 34.9 Å². The summed E-state index contributed by atoms with van der Waals surface area (Å²) in [4.78, 5) is 15.0. The zero-order valence-electron chi connectivity index (χ0n) is 13.6. The summed E-state index contributed by atoms with van der Waals surface area (Å²) in [6.07, 6.45) is 2.29. The average molecular weight is 345 g/mol. The highest BCUT2D eigenvalue weighted by molar-refractivity contribution is 6.30. The quantitative estimate of drug-likeness (QED) is 0.906. The number of hydrogen-bond donors (Lipinski definition) is 1. The highest BCUT2D eigenvalue weighted by Crippen LogP contribution is 2.29. The smallest absolute Gasteiger partial charge is 0.232 e. The van der Waals surface area contributed by atoms with E-state index in [0.29, 0.717) is 10.9 Å². The van der Waals surface area contributed by atoms with Crippen molar-refractivity contribution >= 4 is 29.9 Å². The van der Waals surface area contributed by atoms with Crippen LogP contribution >= 0.6 is 24.0 Å². The topological polar surface area (TPSA) is 32.3 Å². The van der Waals surface area contributed by atoms with Crippen molar-refractivity contribution in [2.45, 2.75) is 32.1 Å². The molecule has 1 heterocycles. The molecule has 3 nitrogen and oxygen atoms in total. The van der Waals surface area contributed by atoms with Gasteiger partial charge in [0.05, 0.1) is 5.41 Å². The number of nitrogens with zero attached hydrogens (tertiary/aromatic N) is 1. The average Bonchev–Trinajstić information content (AvgIpc) is 2.47. The summed E-state index contributed by atoms with van der Waals surface area (Å²) >= 11 is 5.94. The molecule has 0 radical (unpaired) electrons. The molecular formula is C17H26Cl2N2O. The van der Waals surface area contributed by atoms with E-state index in [9.17, 15) is 4.79 Å². The summed E-state index contributed by atoms with van der Waals surface area (Å²) < 4.78 is 0. The van der Waals surface area contributed by atoms with Gasteiger partial charge >= 0.3 is 0 Å². The van der Waals surface area contributed by atoms with Gasteiger partial charge in [0.25, 0.3) is 0 Å². The van der Waals surface area contributed by atoms with Crippen LogP contribution in [0, 0.1) is 5.92 Å². The number of likely N-dealkylation sites (tertiary alicyclic amines) is 1. The minimum atomic E-state index is -0.508.